The van der Waals surface area contributed by atoms with Gasteiger partial charge in [0.05, 0.1) is 18.2 Å². The Balaban J connectivity index is 2.14. The van der Waals surface area contributed by atoms with E-state index in [1.54, 1.807) is 12.4 Å². The Labute approximate surface area is 121 Å². The number of morpholine rings is 1. The highest BCUT2D eigenvalue weighted by molar-refractivity contribution is 7.09. The van der Waals surface area contributed by atoms with Crippen LogP contribution in [0, 0.1) is 0 Å². The van der Waals surface area contributed by atoms with Crippen molar-refractivity contribution in [3.05, 3.63) is 16.1 Å². The van der Waals surface area contributed by atoms with Crippen LogP contribution in [0.4, 0.5) is 0 Å². The lowest BCUT2D eigenvalue weighted by Gasteiger charge is -2.33. The molecule has 1 atom stereocenters. The SMILES string of the molecule is CNC(=O)C1COCCN1C(=O)c1csc(CCN)n1. The Bertz CT molecular complexity index is 491. The zero-order valence-corrected chi connectivity index (χ0v) is 12.1. The minimum absolute atomic E-state index is 0.213. The molecule has 0 aliphatic carbocycles. The van der Waals surface area contributed by atoms with Crippen LogP contribution in [0.2, 0.25) is 0 Å². The number of nitrogens with two attached hydrogens (primary N) is 1. The maximum absolute atomic E-state index is 12.5. The van der Waals surface area contributed by atoms with Crippen molar-refractivity contribution in [2.75, 3.05) is 33.4 Å². The van der Waals surface area contributed by atoms with E-state index >= 15 is 0 Å². The first-order chi connectivity index (χ1) is 9.67. The molecule has 1 aliphatic rings. The van der Waals surface area contributed by atoms with E-state index in [9.17, 15) is 9.59 Å². The number of amides is 2. The molecule has 2 rings (SSSR count). The molecule has 2 heterocycles. The minimum Gasteiger partial charge on any atom is -0.377 e. The van der Waals surface area contributed by atoms with Gasteiger partial charge in [-0.1, -0.05) is 0 Å². The second-order valence-corrected chi connectivity index (χ2v) is 5.31. The number of likely N-dealkylation sites (N-methyl/N-ethyl adjacent to an activating group) is 1. The lowest BCUT2D eigenvalue weighted by molar-refractivity contribution is -0.130. The zero-order chi connectivity index (χ0) is 14.5. The van der Waals surface area contributed by atoms with E-state index in [0.29, 0.717) is 31.8 Å². The summed E-state index contributed by atoms with van der Waals surface area (Å²) in [4.78, 5) is 30.0. The van der Waals surface area contributed by atoms with Crippen LogP contribution in [0.25, 0.3) is 0 Å². The number of carbonyl (C=O) groups is 2. The van der Waals surface area contributed by atoms with Crippen LogP contribution < -0.4 is 11.1 Å². The van der Waals surface area contributed by atoms with Crippen molar-refractivity contribution in [2.24, 2.45) is 5.73 Å². The molecule has 0 aromatic carbocycles. The molecule has 20 heavy (non-hydrogen) atoms. The number of aromatic nitrogens is 1. The fourth-order valence-corrected chi connectivity index (χ4v) is 2.81. The van der Waals surface area contributed by atoms with Crippen molar-refractivity contribution < 1.29 is 14.3 Å². The summed E-state index contributed by atoms with van der Waals surface area (Å²) in [5.41, 5.74) is 5.84. The summed E-state index contributed by atoms with van der Waals surface area (Å²) in [7, 11) is 1.54. The lowest BCUT2D eigenvalue weighted by Crippen LogP contribution is -2.55. The van der Waals surface area contributed by atoms with Crippen LogP contribution in [0.1, 0.15) is 15.5 Å². The molecule has 0 bridgehead atoms. The average Bonchev–Trinajstić information content (AvgIpc) is 2.94. The Morgan fingerprint density at radius 3 is 3.15 bits per heavy atom. The van der Waals surface area contributed by atoms with E-state index in [0.717, 1.165) is 5.01 Å². The normalized spacial score (nSPS) is 18.9. The molecule has 7 nitrogen and oxygen atoms in total. The van der Waals surface area contributed by atoms with E-state index in [1.165, 1.54) is 16.2 Å². The first-order valence-corrected chi connectivity index (χ1v) is 7.30. The van der Waals surface area contributed by atoms with Gasteiger partial charge in [0.25, 0.3) is 5.91 Å². The van der Waals surface area contributed by atoms with Gasteiger partial charge in [0, 0.05) is 25.4 Å². The lowest BCUT2D eigenvalue weighted by atomic mass is 10.2. The predicted octanol–water partition coefficient (Wildman–Crippen LogP) is -0.769. The van der Waals surface area contributed by atoms with Gasteiger partial charge in [-0.25, -0.2) is 4.98 Å². The van der Waals surface area contributed by atoms with E-state index < -0.39 is 6.04 Å². The third-order valence-corrected chi connectivity index (χ3v) is 3.98. The summed E-state index contributed by atoms with van der Waals surface area (Å²) in [5, 5.41) is 5.10. The number of hydrogen-bond acceptors (Lipinski definition) is 6. The van der Waals surface area contributed by atoms with Crippen LogP contribution in [-0.2, 0) is 16.0 Å². The van der Waals surface area contributed by atoms with Gasteiger partial charge in [0.15, 0.2) is 0 Å². The van der Waals surface area contributed by atoms with E-state index in [1.807, 2.05) is 0 Å². The Morgan fingerprint density at radius 1 is 1.65 bits per heavy atom. The maximum Gasteiger partial charge on any atom is 0.274 e. The van der Waals surface area contributed by atoms with Crippen LogP contribution >= 0.6 is 11.3 Å². The third-order valence-electron chi connectivity index (χ3n) is 3.07. The summed E-state index contributed by atoms with van der Waals surface area (Å²) in [5.74, 6) is -0.461. The number of rotatable bonds is 4. The molecule has 0 spiro atoms. The van der Waals surface area contributed by atoms with E-state index in [2.05, 4.69) is 10.3 Å². The van der Waals surface area contributed by atoms with Gasteiger partial charge in [0.2, 0.25) is 5.91 Å². The summed E-state index contributed by atoms with van der Waals surface area (Å²) >= 11 is 1.41. The van der Waals surface area contributed by atoms with Crippen LogP contribution in [0.5, 0.6) is 0 Å². The number of nitrogens with one attached hydrogen (secondary N) is 1. The van der Waals surface area contributed by atoms with Crippen molar-refractivity contribution in [3.63, 3.8) is 0 Å². The summed E-state index contributed by atoms with van der Waals surface area (Å²) in [6.07, 6.45) is 0.653. The van der Waals surface area contributed by atoms with Crippen LogP contribution in [0.3, 0.4) is 0 Å². The topological polar surface area (TPSA) is 97.5 Å². The zero-order valence-electron chi connectivity index (χ0n) is 11.3. The number of thiazole rings is 1. The molecular weight excluding hydrogens is 280 g/mol. The fourth-order valence-electron chi connectivity index (χ4n) is 2.03. The number of ether oxygens (including phenoxy) is 1. The molecular formula is C12H18N4O3S. The second kappa shape index (κ2) is 6.78. The fraction of sp³-hybridized carbons (Fsp3) is 0.583. The van der Waals surface area contributed by atoms with Gasteiger partial charge in [-0.15, -0.1) is 11.3 Å². The van der Waals surface area contributed by atoms with Gasteiger partial charge in [0.1, 0.15) is 11.7 Å². The molecule has 3 N–H and O–H groups in total. The van der Waals surface area contributed by atoms with Crippen LogP contribution in [0.15, 0.2) is 5.38 Å². The quantitative estimate of drug-likeness (QED) is 0.761. The first-order valence-electron chi connectivity index (χ1n) is 6.42. The molecule has 1 unspecified atom stereocenters. The summed E-state index contributed by atoms with van der Waals surface area (Å²) in [6, 6.07) is -0.596. The summed E-state index contributed by atoms with van der Waals surface area (Å²) in [6.45, 7) is 1.53. The maximum atomic E-state index is 12.5. The van der Waals surface area contributed by atoms with Gasteiger partial charge >= 0.3 is 0 Å². The van der Waals surface area contributed by atoms with Gasteiger partial charge < -0.3 is 20.7 Å². The van der Waals surface area contributed by atoms with Gasteiger partial charge in [-0.3, -0.25) is 9.59 Å². The molecule has 0 saturated carbocycles. The highest BCUT2D eigenvalue weighted by Gasteiger charge is 2.33. The Kier molecular flexibility index (Phi) is 5.05. The monoisotopic (exact) mass is 298 g/mol. The molecule has 2 amide bonds. The largest absolute Gasteiger partial charge is 0.377 e. The molecule has 1 fully saturated rings. The summed E-state index contributed by atoms with van der Waals surface area (Å²) < 4.78 is 5.28. The predicted molar refractivity (Wildman–Crippen MR) is 74.6 cm³/mol. The van der Waals surface area contributed by atoms with Crippen molar-refractivity contribution >= 4 is 23.2 Å². The average molecular weight is 298 g/mol. The van der Waals surface area contributed by atoms with Gasteiger partial charge in [-0.2, -0.15) is 0 Å². The number of nitrogens with zero attached hydrogens (tertiary/aromatic N) is 2. The molecule has 1 aliphatic heterocycles. The minimum atomic E-state index is -0.596. The van der Waals surface area contributed by atoms with Crippen molar-refractivity contribution in [3.8, 4) is 0 Å². The van der Waals surface area contributed by atoms with E-state index in [-0.39, 0.29) is 18.4 Å². The molecule has 110 valence electrons. The second-order valence-electron chi connectivity index (χ2n) is 4.37. The van der Waals surface area contributed by atoms with Crippen molar-refractivity contribution in [1.29, 1.82) is 0 Å². The molecule has 1 saturated heterocycles. The Hall–Kier alpha value is -1.51. The molecule has 0 radical (unpaired) electrons. The highest BCUT2D eigenvalue weighted by atomic mass is 32.1. The molecule has 1 aromatic heterocycles. The van der Waals surface area contributed by atoms with E-state index in [4.69, 9.17) is 10.5 Å². The van der Waals surface area contributed by atoms with Crippen LogP contribution in [-0.4, -0.2) is 61.1 Å². The molecule has 8 heteroatoms. The third kappa shape index (κ3) is 3.14. The number of hydrogen-bond donors (Lipinski definition) is 2. The van der Waals surface area contributed by atoms with Crippen molar-refractivity contribution in [2.45, 2.75) is 12.5 Å². The standard InChI is InChI=1S/C12H18N4O3S/c1-14-11(17)9-6-19-5-4-16(9)12(18)8-7-20-10(15-8)2-3-13/h7,9H,2-6,13H2,1H3,(H,14,17). The smallest absolute Gasteiger partial charge is 0.274 e. The van der Waals surface area contributed by atoms with Crippen molar-refractivity contribution in [1.82, 2.24) is 15.2 Å². The molecule has 1 aromatic rings. The number of carbonyl (C=O) groups excluding carboxylic acids is 2. The Morgan fingerprint density at radius 2 is 2.45 bits per heavy atom. The highest BCUT2D eigenvalue weighted by Crippen LogP contribution is 2.16. The van der Waals surface area contributed by atoms with Gasteiger partial charge in [-0.05, 0) is 6.54 Å². The first kappa shape index (κ1) is 14.9.